The van der Waals surface area contributed by atoms with E-state index < -0.39 is 0 Å². The van der Waals surface area contributed by atoms with Crippen LogP contribution in [0.15, 0.2) is 36.4 Å². The van der Waals surface area contributed by atoms with Gasteiger partial charge in [-0.2, -0.15) is 0 Å². The molecule has 1 fully saturated rings. The fraction of sp³-hybridized carbons (Fsp3) is 0.412. The van der Waals surface area contributed by atoms with Gasteiger partial charge in [0.05, 0.1) is 0 Å². The zero-order valence-corrected chi connectivity index (χ0v) is 12.5. The molecule has 2 heteroatoms. The number of rotatable bonds is 5. The fourth-order valence-corrected chi connectivity index (χ4v) is 3.17. The Hall–Kier alpha value is -1.12. The highest BCUT2D eigenvalue weighted by Crippen LogP contribution is 2.30. The predicted octanol–water partition coefficient (Wildman–Crippen LogP) is 4.79. The Balaban J connectivity index is 1.75. The number of hydrogen-bond donors (Lipinski definition) is 1. The van der Waals surface area contributed by atoms with E-state index in [2.05, 4.69) is 55.6 Å². The van der Waals surface area contributed by atoms with Crippen LogP contribution >= 0.6 is 11.3 Å². The second kappa shape index (κ2) is 5.48. The molecule has 19 heavy (non-hydrogen) atoms. The summed E-state index contributed by atoms with van der Waals surface area (Å²) in [6, 6.07) is 14.2. The molecule has 0 saturated heterocycles. The Kier molecular flexibility index (Phi) is 3.72. The Bertz CT molecular complexity index is 552. The summed E-state index contributed by atoms with van der Waals surface area (Å²) >= 11 is 1.91. The van der Waals surface area contributed by atoms with Crippen LogP contribution in [0.1, 0.15) is 43.0 Å². The number of benzene rings is 1. The van der Waals surface area contributed by atoms with E-state index >= 15 is 0 Å². The molecule has 2 aromatic rings. The molecule has 1 aromatic carbocycles. The Morgan fingerprint density at radius 1 is 1.21 bits per heavy atom. The van der Waals surface area contributed by atoms with Crippen LogP contribution in [0.3, 0.4) is 0 Å². The Morgan fingerprint density at radius 3 is 2.79 bits per heavy atom. The summed E-state index contributed by atoms with van der Waals surface area (Å²) in [5.74, 6) is 0.593. The van der Waals surface area contributed by atoms with E-state index in [1.165, 1.54) is 33.7 Å². The van der Waals surface area contributed by atoms with Crippen molar-refractivity contribution in [2.75, 3.05) is 0 Å². The molecule has 0 aliphatic heterocycles. The lowest BCUT2D eigenvalue weighted by molar-refractivity contribution is 0.695. The summed E-state index contributed by atoms with van der Waals surface area (Å²) in [5.41, 5.74) is 2.78. The lowest BCUT2D eigenvalue weighted by Gasteiger charge is -2.06. The monoisotopic (exact) mass is 271 g/mol. The predicted molar refractivity (Wildman–Crippen MR) is 83.7 cm³/mol. The van der Waals surface area contributed by atoms with Crippen molar-refractivity contribution in [3.05, 3.63) is 46.8 Å². The molecule has 0 spiro atoms. The Morgan fingerprint density at radius 2 is 2.05 bits per heavy atom. The standard InChI is InChI=1S/C17H21NS/c1-12(2)13-4-3-5-14(10-13)17-9-8-16(19-17)11-18-15-6-7-15/h3-5,8-10,12,15,18H,6-7,11H2,1-2H3. The van der Waals surface area contributed by atoms with Crippen LogP contribution in [-0.2, 0) is 6.54 Å². The van der Waals surface area contributed by atoms with Crippen molar-refractivity contribution in [3.63, 3.8) is 0 Å². The highest BCUT2D eigenvalue weighted by Gasteiger charge is 2.20. The van der Waals surface area contributed by atoms with Crippen LogP contribution in [0.4, 0.5) is 0 Å². The molecule has 0 bridgehead atoms. The van der Waals surface area contributed by atoms with Gasteiger partial charge in [0, 0.05) is 22.3 Å². The van der Waals surface area contributed by atoms with E-state index in [1.807, 2.05) is 11.3 Å². The third-order valence-corrected chi connectivity index (χ3v) is 4.78. The minimum absolute atomic E-state index is 0.593. The highest BCUT2D eigenvalue weighted by atomic mass is 32.1. The highest BCUT2D eigenvalue weighted by molar-refractivity contribution is 7.15. The minimum atomic E-state index is 0.593. The first-order valence-corrected chi connectivity index (χ1v) is 7.96. The smallest absolute Gasteiger partial charge is 0.0346 e. The normalized spacial score (nSPS) is 15.1. The summed E-state index contributed by atoms with van der Waals surface area (Å²) in [7, 11) is 0. The summed E-state index contributed by atoms with van der Waals surface area (Å²) in [4.78, 5) is 2.83. The summed E-state index contributed by atoms with van der Waals surface area (Å²) in [6.45, 7) is 5.52. The molecule has 0 amide bonds. The molecule has 0 unspecified atom stereocenters. The van der Waals surface area contributed by atoms with Gasteiger partial charge in [0.2, 0.25) is 0 Å². The first-order valence-electron chi connectivity index (χ1n) is 7.15. The first-order chi connectivity index (χ1) is 9.22. The molecule has 100 valence electrons. The molecular formula is C17H21NS. The zero-order valence-electron chi connectivity index (χ0n) is 11.6. The van der Waals surface area contributed by atoms with Crippen LogP contribution in [0.2, 0.25) is 0 Å². The first kappa shape index (κ1) is 12.9. The Labute approximate surface area is 119 Å². The summed E-state index contributed by atoms with van der Waals surface area (Å²) in [6.07, 6.45) is 2.71. The van der Waals surface area contributed by atoms with E-state index in [-0.39, 0.29) is 0 Å². The van der Waals surface area contributed by atoms with Gasteiger partial charge in [-0.3, -0.25) is 0 Å². The molecule has 1 nitrogen and oxygen atoms in total. The third-order valence-electron chi connectivity index (χ3n) is 3.64. The zero-order chi connectivity index (χ0) is 13.2. The van der Waals surface area contributed by atoms with Crippen molar-refractivity contribution in [3.8, 4) is 10.4 Å². The van der Waals surface area contributed by atoms with Crippen molar-refractivity contribution in [1.82, 2.24) is 5.32 Å². The molecule has 1 aliphatic carbocycles. The van der Waals surface area contributed by atoms with Crippen molar-refractivity contribution in [2.24, 2.45) is 0 Å². The molecule has 1 N–H and O–H groups in total. The molecule has 1 heterocycles. The van der Waals surface area contributed by atoms with Gasteiger partial charge >= 0.3 is 0 Å². The SMILES string of the molecule is CC(C)c1cccc(-c2ccc(CNC3CC3)s2)c1. The van der Waals surface area contributed by atoms with Crippen LogP contribution in [0, 0.1) is 0 Å². The van der Waals surface area contributed by atoms with Crippen molar-refractivity contribution >= 4 is 11.3 Å². The van der Waals surface area contributed by atoms with Crippen molar-refractivity contribution in [1.29, 1.82) is 0 Å². The molecule has 3 rings (SSSR count). The van der Waals surface area contributed by atoms with Crippen molar-refractivity contribution < 1.29 is 0 Å². The van der Waals surface area contributed by atoms with E-state index in [1.54, 1.807) is 0 Å². The maximum absolute atomic E-state index is 3.58. The van der Waals surface area contributed by atoms with E-state index in [0.29, 0.717) is 5.92 Å². The van der Waals surface area contributed by atoms with Crippen LogP contribution in [0.5, 0.6) is 0 Å². The summed E-state index contributed by atoms with van der Waals surface area (Å²) in [5, 5.41) is 3.58. The van der Waals surface area contributed by atoms with Gasteiger partial charge in [-0.05, 0) is 42.0 Å². The lowest BCUT2D eigenvalue weighted by atomic mass is 10.0. The van der Waals surface area contributed by atoms with E-state index in [9.17, 15) is 0 Å². The van der Waals surface area contributed by atoms with E-state index in [0.717, 1.165) is 12.6 Å². The van der Waals surface area contributed by atoms with Gasteiger partial charge in [0.25, 0.3) is 0 Å². The summed E-state index contributed by atoms with van der Waals surface area (Å²) < 4.78 is 0. The molecule has 0 atom stereocenters. The largest absolute Gasteiger partial charge is 0.309 e. The van der Waals surface area contributed by atoms with E-state index in [4.69, 9.17) is 0 Å². The van der Waals surface area contributed by atoms with Gasteiger partial charge in [0.15, 0.2) is 0 Å². The fourth-order valence-electron chi connectivity index (χ4n) is 2.21. The second-order valence-electron chi connectivity index (χ2n) is 5.70. The van der Waals surface area contributed by atoms with Gasteiger partial charge in [-0.25, -0.2) is 0 Å². The average molecular weight is 271 g/mol. The second-order valence-corrected chi connectivity index (χ2v) is 6.87. The molecule has 1 saturated carbocycles. The molecule has 1 aromatic heterocycles. The topological polar surface area (TPSA) is 12.0 Å². The minimum Gasteiger partial charge on any atom is -0.309 e. The molecule has 0 radical (unpaired) electrons. The molecular weight excluding hydrogens is 250 g/mol. The van der Waals surface area contributed by atoms with Gasteiger partial charge in [0.1, 0.15) is 0 Å². The maximum atomic E-state index is 3.58. The number of thiophene rings is 1. The van der Waals surface area contributed by atoms with Gasteiger partial charge in [-0.15, -0.1) is 11.3 Å². The third kappa shape index (κ3) is 3.26. The average Bonchev–Trinajstić information content (AvgIpc) is 3.13. The van der Waals surface area contributed by atoms with Crippen molar-refractivity contribution in [2.45, 2.75) is 45.2 Å². The van der Waals surface area contributed by atoms with Crippen LogP contribution in [-0.4, -0.2) is 6.04 Å². The van der Waals surface area contributed by atoms with Gasteiger partial charge < -0.3 is 5.32 Å². The van der Waals surface area contributed by atoms with Gasteiger partial charge in [-0.1, -0.05) is 38.1 Å². The van der Waals surface area contributed by atoms with Crippen LogP contribution < -0.4 is 5.32 Å². The maximum Gasteiger partial charge on any atom is 0.0346 e. The quantitative estimate of drug-likeness (QED) is 0.824. The number of nitrogens with one attached hydrogen (secondary N) is 1. The lowest BCUT2D eigenvalue weighted by Crippen LogP contribution is -2.14. The number of hydrogen-bond acceptors (Lipinski definition) is 2. The molecule has 1 aliphatic rings. The van der Waals surface area contributed by atoms with Crippen LogP contribution in [0.25, 0.3) is 10.4 Å².